The molecule has 0 aliphatic carbocycles. The summed E-state index contributed by atoms with van der Waals surface area (Å²) in [6.07, 6.45) is 1.40. The van der Waals surface area contributed by atoms with Crippen LogP contribution in [0.1, 0.15) is 33.7 Å². The van der Waals surface area contributed by atoms with Crippen LogP contribution in [-0.2, 0) is 0 Å². The highest BCUT2D eigenvalue weighted by atomic mass is 35.5. The van der Waals surface area contributed by atoms with Crippen molar-refractivity contribution in [1.82, 2.24) is 9.88 Å². The first-order valence-corrected chi connectivity index (χ1v) is 9.16. The van der Waals surface area contributed by atoms with Crippen molar-refractivity contribution in [2.45, 2.75) is 12.8 Å². The second-order valence-electron chi connectivity index (χ2n) is 6.71. The van der Waals surface area contributed by atoms with E-state index in [0.29, 0.717) is 36.6 Å². The van der Waals surface area contributed by atoms with Gasteiger partial charge >= 0.3 is 0 Å². The van der Waals surface area contributed by atoms with Crippen LogP contribution in [0.5, 0.6) is 0 Å². The van der Waals surface area contributed by atoms with Crippen LogP contribution < -0.4 is 0 Å². The summed E-state index contributed by atoms with van der Waals surface area (Å²) in [5.74, 6) is 0.142. The van der Waals surface area contributed by atoms with Crippen molar-refractivity contribution in [3.05, 3.63) is 70.9 Å². The summed E-state index contributed by atoms with van der Waals surface area (Å²) >= 11 is 6.01. The number of ketones is 1. The Balaban J connectivity index is 1.43. The molecule has 0 bridgehead atoms. The fourth-order valence-corrected chi connectivity index (χ4v) is 3.75. The molecular formula is C21H19ClN2O2. The van der Waals surface area contributed by atoms with Crippen LogP contribution in [0, 0.1) is 5.92 Å². The van der Waals surface area contributed by atoms with E-state index < -0.39 is 0 Å². The molecule has 4 nitrogen and oxygen atoms in total. The van der Waals surface area contributed by atoms with E-state index in [9.17, 15) is 9.59 Å². The van der Waals surface area contributed by atoms with Gasteiger partial charge in [-0.1, -0.05) is 41.9 Å². The SMILES string of the molecule is O=C(c1ccccc1)C1CCN(C(=O)c2cc3cc(Cl)ccc3[nH]2)CC1. The molecule has 1 saturated heterocycles. The smallest absolute Gasteiger partial charge is 0.270 e. The highest BCUT2D eigenvalue weighted by molar-refractivity contribution is 6.31. The molecule has 0 unspecified atom stereocenters. The van der Waals surface area contributed by atoms with Crippen molar-refractivity contribution in [1.29, 1.82) is 0 Å². The van der Waals surface area contributed by atoms with Gasteiger partial charge in [-0.05, 0) is 37.1 Å². The number of H-pyrrole nitrogens is 1. The first-order valence-electron chi connectivity index (χ1n) is 8.78. The molecule has 1 aromatic heterocycles. The minimum atomic E-state index is -0.0251. The van der Waals surface area contributed by atoms with Crippen molar-refractivity contribution in [3.8, 4) is 0 Å². The maximum Gasteiger partial charge on any atom is 0.270 e. The average Bonchev–Trinajstić information content (AvgIpc) is 3.11. The number of aromatic amines is 1. The number of nitrogens with one attached hydrogen (secondary N) is 1. The van der Waals surface area contributed by atoms with Crippen molar-refractivity contribution in [2.75, 3.05) is 13.1 Å². The van der Waals surface area contributed by atoms with Crippen molar-refractivity contribution in [2.24, 2.45) is 5.92 Å². The molecule has 5 heteroatoms. The predicted molar refractivity (Wildman–Crippen MR) is 103 cm³/mol. The lowest BCUT2D eigenvalue weighted by atomic mass is 9.89. The third-order valence-corrected chi connectivity index (χ3v) is 5.26. The highest BCUT2D eigenvalue weighted by Crippen LogP contribution is 2.25. The van der Waals surface area contributed by atoms with Gasteiger partial charge in [-0.3, -0.25) is 9.59 Å². The number of amides is 1. The van der Waals surface area contributed by atoms with Crippen LogP contribution in [0.25, 0.3) is 10.9 Å². The number of benzene rings is 2. The molecular weight excluding hydrogens is 348 g/mol. The summed E-state index contributed by atoms with van der Waals surface area (Å²) in [5.41, 5.74) is 2.21. The number of nitrogens with zero attached hydrogens (tertiary/aromatic N) is 1. The molecule has 2 heterocycles. The number of fused-ring (bicyclic) bond motifs is 1. The van der Waals surface area contributed by atoms with Gasteiger partial charge in [-0.15, -0.1) is 0 Å². The molecule has 3 aromatic rings. The first-order chi connectivity index (χ1) is 12.6. The minimum absolute atomic E-state index is 0.0111. The molecule has 0 saturated carbocycles. The zero-order valence-corrected chi connectivity index (χ0v) is 15.0. The van der Waals surface area contributed by atoms with Gasteiger partial charge in [0.25, 0.3) is 5.91 Å². The van der Waals surface area contributed by atoms with E-state index in [4.69, 9.17) is 11.6 Å². The van der Waals surface area contributed by atoms with E-state index in [0.717, 1.165) is 16.5 Å². The third kappa shape index (κ3) is 3.25. The Kier molecular flexibility index (Phi) is 4.51. The average molecular weight is 367 g/mol. The van der Waals surface area contributed by atoms with Gasteiger partial charge in [0.15, 0.2) is 5.78 Å². The van der Waals surface area contributed by atoms with E-state index >= 15 is 0 Å². The standard InChI is InChI=1S/C21H19ClN2O2/c22-17-6-7-18-16(12-17)13-19(23-18)21(26)24-10-8-15(9-11-24)20(25)14-4-2-1-3-5-14/h1-7,12-13,15,23H,8-11H2. The molecule has 0 atom stereocenters. The Morgan fingerprint density at radius 2 is 1.73 bits per heavy atom. The van der Waals surface area contributed by atoms with Gasteiger partial charge in [-0.2, -0.15) is 0 Å². The van der Waals surface area contributed by atoms with Gasteiger partial charge in [0.05, 0.1) is 0 Å². The lowest BCUT2D eigenvalue weighted by molar-refractivity contribution is 0.0646. The number of likely N-dealkylation sites (tertiary alicyclic amines) is 1. The van der Waals surface area contributed by atoms with Crippen molar-refractivity contribution >= 4 is 34.2 Å². The molecule has 1 aliphatic heterocycles. The maximum atomic E-state index is 12.8. The van der Waals surface area contributed by atoms with E-state index in [1.54, 1.807) is 6.07 Å². The Labute approximate surface area is 156 Å². The summed E-state index contributed by atoms with van der Waals surface area (Å²) < 4.78 is 0. The van der Waals surface area contributed by atoms with E-state index in [1.165, 1.54) is 0 Å². The summed E-state index contributed by atoms with van der Waals surface area (Å²) in [5, 5.41) is 1.57. The second kappa shape index (κ2) is 6.96. The van der Waals surface area contributed by atoms with Crippen LogP contribution in [-0.4, -0.2) is 34.7 Å². The Hall–Kier alpha value is -2.59. The first kappa shape index (κ1) is 16.9. The number of piperidine rings is 1. The predicted octanol–water partition coefficient (Wildman–Crippen LogP) is 4.56. The van der Waals surface area contributed by atoms with Crippen molar-refractivity contribution in [3.63, 3.8) is 0 Å². The lowest BCUT2D eigenvalue weighted by Crippen LogP contribution is -2.40. The molecule has 2 aromatic carbocycles. The topological polar surface area (TPSA) is 53.2 Å². The van der Waals surface area contributed by atoms with Crippen LogP contribution in [0.2, 0.25) is 5.02 Å². The monoisotopic (exact) mass is 366 g/mol. The number of rotatable bonds is 3. The fourth-order valence-electron chi connectivity index (χ4n) is 3.57. The summed E-state index contributed by atoms with van der Waals surface area (Å²) in [6.45, 7) is 1.19. The molecule has 26 heavy (non-hydrogen) atoms. The number of carbonyl (C=O) groups excluding carboxylic acids is 2. The van der Waals surface area contributed by atoms with Gasteiger partial charge in [0.1, 0.15) is 5.69 Å². The lowest BCUT2D eigenvalue weighted by Gasteiger charge is -2.31. The van der Waals surface area contributed by atoms with Gasteiger partial charge in [-0.25, -0.2) is 0 Å². The van der Waals surface area contributed by atoms with E-state index in [2.05, 4.69) is 4.98 Å². The van der Waals surface area contributed by atoms with Gasteiger partial charge in [0.2, 0.25) is 0 Å². The zero-order valence-electron chi connectivity index (χ0n) is 14.2. The van der Waals surface area contributed by atoms with Crippen LogP contribution in [0.15, 0.2) is 54.6 Å². The largest absolute Gasteiger partial charge is 0.351 e. The van der Waals surface area contributed by atoms with Gasteiger partial charge in [0, 0.05) is 40.5 Å². The molecule has 1 fully saturated rings. The molecule has 1 N–H and O–H groups in total. The normalized spacial score (nSPS) is 15.3. The Bertz CT molecular complexity index is 957. The maximum absolute atomic E-state index is 12.8. The number of Topliss-reactive ketones (excluding diaryl/α,β-unsaturated/α-hetero) is 1. The Morgan fingerprint density at radius 3 is 2.46 bits per heavy atom. The number of hydrogen-bond donors (Lipinski definition) is 1. The zero-order chi connectivity index (χ0) is 18.1. The van der Waals surface area contributed by atoms with E-state index in [1.807, 2.05) is 53.4 Å². The minimum Gasteiger partial charge on any atom is -0.351 e. The molecule has 1 amide bonds. The number of hydrogen-bond acceptors (Lipinski definition) is 2. The number of aromatic nitrogens is 1. The summed E-state index contributed by atoms with van der Waals surface area (Å²) in [6, 6.07) is 16.7. The quantitative estimate of drug-likeness (QED) is 0.691. The Morgan fingerprint density at radius 1 is 1.00 bits per heavy atom. The fraction of sp³-hybridized carbons (Fsp3) is 0.238. The number of halogens is 1. The van der Waals surface area contributed by atoms with Crippen LogP contribution in [0.3, 0.4) is 0 Å². The summed E-state index contributed by atoms with van der Waals surface area (Å²) in [4.78, 5) is 30.3. The highest BCUT2D eigenvalue weighted by Gasteiger charge is 2.28. The summed E-state index contributed by atoms with van der Waals surface area (Å²) in [7, 11) is 0. The second-order valence-corrected chi connectivity index (χ2v) is 7.15. The molecule has 0 radical (unpaired) electrons. The van der Waals surface area contributed by atoms with Gasteiger partial charge < -0.3 is 9.88 Å². The molecule has 1 aliphatic rings. The number of carbonyl (C=O) groups is 2. The molecule has 0 spiro atoms. The molecule has 4 rings (SSSR count). The van der Waals surface area contributed by atoms with Crippen LogP contribution >= 0.6 is 11.6 Å². The van der Waals surface area contributed by atoms with Crippen LogP contribution in [0.4, 0.5) is 0 Å². The van der Waals surface area contributed by atoms with E-state index in [-0.39, 0.29) is 17.6 Å². The molecule has 132 valence electrons. The third-order valence-electron chi connectivity index (χ3n) is 5.02. The van der Waals surface area contributed by atoms with Crippen molar-refractivity contribution < 1.29 is 9.59 Å².